The van der Waals surface area contributed by atoms with Gasteiger partial charge in [-0.15, -0.1) is 0 Å². The van der Waals surface area contributed by atoms with Crippen molar-refractivity contribution in [3.8, 4) is 0 Å². The van der Waals surface area contributed by atoms with Gasteiger partial charge in [0.2, 0.25) is 0 Å². The molecule has 0 aliphatic rings. The van der Waals surface area contributed by atoms with Gasteiger partial charge in [0, 0.05) is 11.6 Å². The zero-order chi connectivity index (χ0) is 19.6. The molecular weight excluding hydrogens is 338 g/mol. The molecule has 0 aliphatic heterocycles. The van der Waals surface area contributed by atoms with Gasteiger partial charge in [0.1, 0.15) is 0 Å². The summed E-state index contributed by atoms with van der Waals surface area (Å²) in [5, 5.41) is 13.5. The van der Waals surface area contributed by atoms with Crippen LogP contribution >= 0.6 is 0 Å². The molecule has 2 N–H and O–H groups in total. The van der Waals surface area contributed by atoms with Gasteiger partial charge in [-0.25, -0.2) is 9.97 Å². The molecule has 1 aromatic carbocycles. The number of pyridine rings is 2. The van der Waals surface area contributed by atoms with E-state index in [2.05, 4.69) is 36.1 Å². The molecule has 1 amide bonds. The number of nitrogens with zero attached hydrogens (tertiary/aromatic N) is 2. The number of aryl methyl sites for hydroxylation is 1. The lowest BCUT2D eigenvalue weighted by molar-refractivity contribution is 0.0915. The van der Waals surface area contributed by atoms with E-state index in [1.165, 1.54) is 5.56 Å². The Balaban J connectivity index is 1.84. The van der Waals surface area contributed by atoms with Crippen LogP contribution in [0.4, 0.5) is 0 Å². The molecule has 2 aromatic heterocycles. The van der Waals surface area contributed by atoms with Gasteiger partial charge in [0.05, 0.1) is 23.9 Å². The van der Waals surface area contributed by atoms with Crippen LogP contribution in [0.2, 0.25) is 0 Å². The number of aliphatic hydroxyl groups is 1. The molecule has 0 bridgehead atoms. The summed E-state index contributed by atoms with van der Waals surface area (Å²) >= 11 is 0. The van der Waals surface area contributed by atoms with E-state index in [0.717, 1.165) is 10.9 Å². The van der Waals surface area contributed by atoms with Crippen LogP contribution < -0.4 is 5.32 Å². The van der Waals surface area contributed by atoms with Gasteiger partial charge in [-0.1, -0.05) is 45.0 Å². The number of fused-ring (bicyclic) bond motifs is 1. The highest BCUT2D eigenvalue weighted by Gasteiger charge is 2.19. The minimum Gasteiger partial charge on any atom is -0.394 e. The lowest BCUT2D eigenvalue weighted by atomic mass is 9.86. The first kappa shape index (κ1) is 19.0. The summed E-state index contributed by atoms with van der Waals surface area (Å²) in [4.78, 5) is 21.4. The van der Waals surface area contributed by atoms with E-state index in [-0.39, 0.29) is 17.9 Å². The highest BCUT2D eigenvalue weighted by atomic mass is 16.3. The molecule has 1 atom stereocenters. The highest BCUT2D eigenvalue weighted by molar-refractivity contribution is 5.98. The maximum absolute atomic E-state index is 12.8. The van der Waals surface area contributed by atoms with Gasteiger partial charge in [0.25, 0.3) is 5.91 Å². The van der Waals surface area contributed by atoms with Crippen molar-refractivity contribution in [2.45, 2.75) is 39.2 Å². The minimum atomic E-state index is -0.476. The van der Waals surface area contributed by atoms with Crippen molar-refractivity contribution in [2.24, 2.45) is 0 Å². The second-order valence-corrected chi connectivity index (χ2v) is 7.75. The largest absolute Gasteiger partial charge is 0.394 e. The molecule has 0 fully saturated rings. The fourth-order valence-electron chi connectivity index (χ4n) is 3.01. The second-order valence-electron chi connectivity index (χ2n) is 7.75. The SMILES string of the molecule is Cc1nc2ncccc2cc1C(=O)N[C@@H](CO)c1ccc(C(C)(C)C)cc1. The third-order valence-corrected chi connectivity index (χ3v) is 4.69. The number of hydrogen-bond acceptors (Lipinski definition) is 4. The molecule has 5 nitrogen and oxygen atoms in total. The maximum Gasteiger partial charge on any atom is 0.253 e. The van der Waals surface area contributed by atoms with Crippen LogP contribution in [0.5, 0.6) is 0 Å². The molecule has 27 heavy (non-hydrogen) atoms. The predicted octanol–water partition coefficient (Wildman–Crippen LogP) is 3.70. The van der Waals surface area contributed by atoms with E-state index in [0.29, 0.717) is 16.9 Å². The first-order valence-corrected chi connectivity index (χ1v) is 9.04. The average Bonchev–Trinajstić information content (AvgIpc) is 2.64. The van der Waals surface area contributed by atoms with Crippen molar-refractivity contribution >= 4 is 16.9 Å². The Morgan fingerprint density at radius 1 is 1.19 bits per heavy atom. The van der Waals surface area contributed by atoms with Crippen LogP contribution in [0.3, 0.4) is 0 Å². The lowest BCUT2D eigenvalue weighted by Gasteiger charge is -2.21. The molecule has 0 unspecified atom stereocenters. The smallest absolute Gasteiger partial charge is 0.253 e. The average molecular weight is 363 g/mol. The number of carbonyl (C=O) groups excluding carboxylic acids is 1. The molecule has 3 rings (SSSR count). The Labute approximate surface area is 159 Å². The molecule has 5 heteroatoms. The van der Waals surface area contributed by atoms with Gasteiger partial charge in [0.15, 0.2) is 5.65 Å². The summed E-state index contributed by atoms with van der Waals surface area (Å²) in [6.07, 6.45) is 1.68. The Hall–Kier alpha value is -2.79. The van der Waals surface area contributed by atoms with Gasteiger partial charge in [-0.2, -0.15) is 0 Å². The number of carbonyl (C=O) groups is 1. The number of benzene rings is 1. The molecule has 0 spiro atoms. The molecule has 0 radical (unpaired) electrons. The quantitative estimate of drug-likeness (QED) is 0.741. The number of aliphatic hydroxyl groups excluding tert-OH is 1. The Kier molecular flexibility index (Phi) is 5.24. The van der Waals surface area contributed by atoms with E-state index >= 15 is 0 Å². The molecule has 3 aromatic rings. The van der Waals surface area contributed by atoms with E-state index in [1.54, 1.807) is 19.2 Å². The van der Waals surface area contributed by atoms with E-state index in [9.17, 15) is 9.90 Å². The van der Waals surface area contributed by atoms with Gasteiger partial charge in [-0.3, -0.25) is 4.79 Å². The van der Waals surface area contributed by atoms with Crippen LogP contribution in [0, 0.1) is 6.92 Å². The van der Waals surface area contributed by atoms with Crippen LogP contribution in [0.15, 0.2) is 48.7 Å². The number of amides is 1. The topological polar surface area (TPSA) is 75.1 Å². The van der Waals surface area contributed by atoms with Gasteiger partial charge in [-0.05, 0) is 41.7 Å². The molecule has 0 saturated heterocycles. The first-order valence-electron chi connectivity index (χ1n) is 9.04. The van der Waals surface area contributed by atoms with Gasteiger partial charge < -0.3 is 10.4 Å². The standard InChI is InChI=1S/C22H25N3O2/c1-14-18(12-16-6-5-11-23-20(16)24-14)21(27)25-19(13-26)15-7-9-17(10-8-15)22(2,3)4/h5-12,19,26H,13H2,1-4H3,(H,25,27)/t19-/m0/s1. The first-order chi connectivity index (χ1) is 12.8. The normalized spacial score (nSPS) is 12.8. The number of hydrogen-bond donors (Lipinski definition) is 2. The van der Waals surface area contributed by atoms with E-state index < -0.39 is 6.04 Å². The fourth-order valence-corrected chi connectivity index (χ4v) is 3.01. The van der Waals surface area contributed by atoms with Crippen molar-refractivity contribution in [3.63, 3.8) is 0 Å². The maximum atomic E-state index is 12.8. The summed E-state index contributed by atoms with van der Waals surface area (Å²) in [5.41, 5.74) is 3.84. The third-order valence-electron chi connectivity index (χ3n) is 4.69. The fraction of sp³-hybridized carbons (Fsp3) is 0.318. The molecule has 0 aliphatic carbocycles. The summed E-state index contributed by atoms with van der Waals surface area (Å²) < 4.78 is 0. The van der Waals surface area contributed by atoms with Crippen molar-refractivity contribution in [3.05, 3.63) is 71.0 Å². The number of rotatable bonds is 4. The van der Waals surface area contributed by atoms with Crippen LogP contribution in [0.1, 0.15) is 54.0 Å². The summed E-state index contributed by atoms with van der Waals surface area (Å²) in [6, 6.07) is 13.0. The van der Waals surface area contributed by atoms with E-state index in [1.807, 2.05) is 36.4 Å². The summed E-state index contributed by atoms with van der Waals surface area (Å²) in [6.45, 7) is 8.06. The highest BCUT2D eigenvalue weighted by Crippen LogP contribution is 2.24. The molecular formula is C22H25N3O2. The van der Waals surface area contributed by atoms with Crippen molar-refractivity contribution in [2.75, 3.05) is 6.61 Å². The number of nitrogens with one attached hydrogen (secondary N) is 1. The van der Waals surface area contributed by atoms with Crippen LogP contribution in [0.25, 0.3) is 11.0 Å². The molecule has 0 saturated carbocycles. The van der Waals surface area contributed by atoms with E-state index in [4.69, 9.17) is 0 Å². The lowest BCUT2D eigenvalue weighted by Crippen LogP contribution is -2.31. The third kappa shape index (κ3) is 4.14. The zero-order valence-electron chi connectivity index (χ0n) is 16.2. The number of aromatic nitrogens is 2. The van der Waals surface area contributed by atoms with Crippen LogP contribution in [-0.2, 0) is 5.41 Å². The minimum absolute atomic E-state index is 0.0540. The van der Waals surface area contributed by atoms with Crippen LogP contribution in [-0.4, -0.2) is 27.6 Å². The Morgan fingerprint density at radius 3 is 2.52 bits per heavy atom. The Morgan fingerprint density at radius 2 is 1.89 bits per heavy atom. The molecule has 140 valence electrons. The monoisotopic (exact) mass is 363 g/mol. The van der Waals surface area contributed by atoms with Crippen molar-refractivity contribution in [1.29, 1.82) is 0 Å². The Bertz CT molecular complexity index is 959. The second kappa shape index (κ2) is 7.45. The van der Waals surface area contributed by atoms with Crippen molar-refractivity contribution in [1.82, 2.24) is 15.3 Å². The van der Waals surface area contributed by atoms with Crippen molar-refractivity contribution < 1.29 is 9.90 Å². The zero-order valence-corrected chi connectivity index (χ0v) is 16.2. The summed E-state index contributed by atoms with van der Waals surface area (Å²) in [7, 11) is 0. The van der Waals surface area contributed by atoms with Gasteiger partial charge >= 0.3 is 0 Å². The summed E-state index contributed by atoms with van der Waals surface area (Å²) in [5.74, 6) is -0.260. The predicted molar refractivity (Wildman–Crippen MR) is 107 cm³/mol. The molecule has 2 heterocycles.